The van der Waals surface area contributed by atoms with Gasteiger partial charge in [0, 0.05) is 6.04 Å². The summed E-state index contributed by atoms with van der Waals surface area (Å²) in [4.78, 5) is 29.8. The van der Waals surface area contributed by atoms with Crippen LogP contribution in [0.3, 0.4) is 0 Å². The number of fused-ring (bicyclic) bond motifs is 1. The highest BCUT2D eigenvalue weighted by Gasteiger charge is 2.16. The number of carbonyl (C=O) groups is 1. The van der Waals surface area contributed by atoms with E-state index in [9.17, 15) is 14.0 Å². The summed E-state index contributed by atoms with van der Waals surface area (Å²) >= 11 is 1.23. The third-order valence-electron chi connectivity index (χ3n) is 4.37. The van der Waals surface area contributed by atoms with Crippen molar-refractivity contribution in [3.63, 3.8) is 0 Å². The number of hydrogen-bond donors (Lipinski definition) is 1. The van der Waals surface area contributed by atoms with E-state index in [2.05, 4.69) is 10.3 Å². The first-order valence-electron chi connectivity index (χ1n) is 9.05. The number of carbonyl (C=O) groups excluding carboxylic acids is 1. The van der Waals surface area contributed by atoms with Crippen LogP contribution in [0.15, 0.2) is 58.5 Å². The van der Waals surface area contributed by atoms with E-state index in [0.29, 0.717) is 16.1 Å². The molecule has 0 unspecified atom stereocenters. The predicted octanol–water partition coefficient (Wildman–Crippen LogP) is 4.09. The maximum atomic E-state index is 13.0. The van der Waals surface area contributed by atoms with E-state index in [1.165, 1.54) is 23.9 Å². The van der Waals surface area contributed by atoms with Crippen molar-refractivity contribution >= 4 is 28.6 Å². The average molecular weight is 399 g/mol. The molecular formula is C21H22FN3O2S. The van der Waals surface area contributed by atoms with Crippen LogP contribution in [-0.2, 0) is 4.79 Å². The fourth-order valence-corrected chi connectivity index (χ4v) is 3.87. The molecule has 1 amide bonds. The van der Waals surface area contributed by atoms with Gasteiger partial charge in [-0.3, -0.25) is 14.2 Å². The van der Waals surface area contributed by atoms with Gasteiger partial charge < -0.3 is 5.32 Å². The molecule has 146 valence electrons. The number of thioether (sulfide) groups is 1. The summed E-state index contributed by atoms with van der Waals surface area (Å²) in [6.45, 7) is 5.67. The minimum absolute atomic E-state index is 0.0756. The highest BCUT2D eigenvalue weighted by Crippen LogP contribution is 2.21. The molecule has 0 aliphatic carbocycles. The van der Waals surface area contributed by atoms with Crippen LogP contribution in [0.1, 0.15) is 38.4 Å². The maximum absolute atomic E-state index is 13.0. The topological polar surface area (TPSA) is 64.0 Å². The number of amides is 1. The van der Waals surface area contributed by atoms with Crippen LogP contribution in [0, 0.1) is 5.82 Å². The molecule has 7 heteroatoms. The Balaban J connectivity index is 1.75. The van der Waals surface area contributed by atoms with Crippen LogP contribution in [0.25, 0.3) is 10.9 Å². The first kappa shape index (κ1) is 20.1. The van der Waals surface area contributed by atoms with Gasteiger partial charge in [-0.1, -0.05) is 36.0 Å². The molecule has 5 nitrogen and oxygen atoms in total. The second kappa shape index (κ2) is 8.56. The Morgan fingerprint density at radius 3 is 2.50 bits per heavy atom. The molecule has 0 radical (unpaired) electrons. The lowest BCUT2D eigenvalue weighted by Gasteiger charge is -2.17. The fourth-order valence-electron chi connectivity index (χ4n) is 2.93. The number of hydrogen-bond acceptors (Lipinski definition) is 4. The normalized spacial score (nSPS) is 12.3. The van der Waals surface area contributed by atoms with Gasteiger partial charge in [-0.05, 0) is 50.6 Å². The Bertz CT molecular complexity index is 1050. The molecule has 1 aromatic heterocycles. The lowest BCUT2D eigenvalue weighted by atomic mass is 10.1. The van der Waals surface area contributed by atoms with Gasteiger partial charge in [-0.25, -0.2) is 9.37 Å². The van der Waals surface area contributed by atoms with Crippen molar-refractivity contribution < 1.29 is 9.18 Å². The van der Waals surface area contributed by atoms with Crippen LogP contribution < -0.4 is 10.9 Å². The molecule has 0 aliphatic rings. The number of nitrogens with one attached hydrogen (secondary N) is 1. The summed E-state index contributed by atoms with van der Waals surface area (Å²) < 4.78 is 14.7. The Labute approximate surface area is 167 Å². The molecule has 0 saturated carbocycles. The molecule has 28 heavy (non-hydrogen) atoms. The number of rotatable bonds is 6. The van der Waals surface area contributed by atoms with Gasteiger partial charge in [-0.15, -0.1) is 0 Å². The van der Waals surface area contributed by atoms with Crippen molar-refractivity contribution in [2.45, 2.75) is 38.0 Å². The predicted molar refractivity (Wildman–Crippen MR) is 110 cm³/mol. The Hall–Kier alpha value is -2.67. The first-order valence-corrected chi connectivity index (χ1v) is 10.0. The van der Waals surface area contributed by atoms with E-state index < -0.39 is 0 Å². The zero-order valence-corrected chi connectivity index (χ0v) is 16.8. The number of halogens is 1. The van der Waals surface area contributed by atoms with E-state index in [0.717, 1.165) is 5.56 Å². The average Bonchev–Trinajstić information content (AvgIpc) is 2.66. The van der Waals surface area contributed by atoms with Crippen molar-refractivity contribution in [1.29, 1.82) is 0 Å². The third kappa shape index (κ3) is 4.42. The fraction of sp³-hybridized carbons (Fsp3) is 0.286. The van der Waals surface area contributed by atoms with Crippen LogP contribution in [0.4, 0.5) is 4.39 Å². The maximum Gasteiger partial charge on any atom is 0.262 e. The van der Waals surface area contributed by atoms with Gasteiger partial charge in [-0.2, -0.15) is 0 Å². The van der Waals surface area contributed by atoms with Crippen molar-refractivity contribution in [3.8, 4) is 0 Å². The Morgan fingerprint density at radius 1 is 1.14 bits per heavy atom. The van der Waals surface area contributed by atoms with Gasteiger partial charge in [0.05, 0.1) is 22.7 Å². The highest BCUT2D eigenvalue weighted by molar-refractivity contribution is 7.99. The summed E-state index contributed by atoms with van der Waals surface area (Å²) in [5, 5.41) is 3.97. The zero-order valence-electron chi connectivity index (χ0n) is 16.0. The largest absolute Gasteiger partial charge is 0.349 e. The number of benzene rings is 2. The van der Waals surface area contributed by atoms with Crippen LogP contribution in [-0.4, -0.2) is 21.2 Å². The molecule has 0 saturated heterocycles. The standard InChI is InChI=1S/C21H22FN3O2S/c1-13(2)25-20(27)17-6-4-5-7-18(17)24-21(25)28-12-19(26)23-14(3)15-8-10-16(22)11-9-15/h4-11,13-14H,12H2,1-3H3,(H,23,26)/t14-/m1/s1. The highest BCUT2D eigenvalue weighted by atomic mass is 32.2. The van der Waals surface area contributed by atoms with Gasteiger partial charge in [0.2, 0.25) is 5.91 Å². The molecule has 3 rings (SSSR count). The molecule has 3 aromatic rings. The lowest BCUT2D eigenvalue weighted by Crippen LogP contribution is -2.29. The molecule has 1 heterocycles. The third-order valence-corrected chi connectivity index (χ3v) is 5.32. The van der Waals surface area contributed by atoms with Crippen molar-refractivity contribution in [3.05, 3.63) is 70.3 Å². The SMILES string of the molecule is CC(C)n1c(SCC(=O)N[C@H](C)c2ccc(F)cc2)nc2ccccc2c1=O. The van der Waals surface area contributed by atoms with E-state index in [1.807, 2.05) is 32.9 Å². The lowest BCUT2D eigenvalue weighted by molar-refractivity contribution is -0.119. The number of aromatic nitrogens is 2. The van der Waals surface area contributed by atoms with E-state index >= 15 is 0 Å². The van der Waals surface area contributed by atoms with Crippen molar-refractivity contribution in [2.24, 2.45) is 0 Å². The minimum Gasteiger partial charge on any atom is -0.349 e. The summed E-state index contributed by atoms with van der Waals surface area (Å²) in [5.74, 6) is -0.366. The summed E-state index contributed by atoms with van der Waals surface area (Å²) in [6, 6.07) is 12.9. The molecule has 0 spiro atoms. The summed E-state index contributed by atoms with van der Waals surface area (Å²) in [5.41, 5.74) is 1.33. The molecule has 0 fully saturated rings. The van der Waals surface area contributed by atoms with Gasteiger partial charge in [0.15, 0.2) is 5.16 Å². The van der Waals surface area contributed by atoms with E-state index in [4.69, 9.17) is 0 Å². The second-order valence-electron chi connectivity index (χ2n) is 6.81. The van der Waals surface area contributed by atoms with Gasteiger partial charge >= 0.3 is 0 Å². The smallest absolute Gasteiger partial charge is 0.262 e. The van der Waals surface area contributed by atoms with Crippen molar-refractivity contribution in [1.82, 2.24) is 14.9 Å². The number of para-hydroxylation sites is 1. The van der Waals surface area contributed by atoms with E-state index in [-0.39, 0.29) is 35.1 Å². The molecule has 1 atom stereocenters. The molecule has 0 aliphatic heterocycles. The number of nitrogens with zero attached hydrogens (tertiary/aromatic N) is 2. The Kier molecular flexibility index (Phi) is 6.14. The minimum atomic E-state index is -0.313. The van der Waals surface area contributed by atoms with Gasteiger partial charge in [0.1, 0.15) is 5.82 Å². The zero-order chi connectivity index (χ0) is 20.3. The second-order valence-corrected chi connectivity index (χ2v) is 7.75. The van der Waals surface area contributed by atoms with Crippen LogP contribution in [0.2, 0.25) is 0 Å². The van der Waals surface area contributed by atoms with Crippen molar-refractivity contribution in [2.75, 3.05) is 5.75 Å². The van der Waals surface area contributed by atoms with E-state index in [1.54, 1.807) is 28.8 Å². The molecule has 0 bridgehead atoms. The first-order chi connectivity index (χ1) is 13.4. The summed E-state index contributed by atoms with van der Waals surface area (Å²) in [6.07, 6.45) is 0. The Morgan fingerprint density at radius 2 is 1.82 bits per heavy atom. The van der Waals surface area contributed by atoms with Gasteiger partial charge in [0.25, 0.3) is 5.56 Å². The molecule has 1 N–H and O–H groups in total. The molecule has 2 aromatic carbocycles. The van der Waals surface area contributed by atoms with Crippen LogP contribution >= 0.6 is 11.8 Å². The quantitative estimate of drug-likeness (QED) is 0.501. The monoisotopic (exact) mass is 399 g/mol. The molecular weight excluding hydrogens is 377 g/mol. The van der Waals surface area contributed by atoms with Crippen LogP contribution in [0.5, 0.6) is 0 Å². The summed E-state index contributed by atoms with van der Waals surface area (Å²) in [7, 11) is 0.